The number of hydrogen-bond acceptors (Lipinski definition) is 3. The van der Waals surface area contributed by atoms with Gasteiger partial charge in [-0.15, -0.1) is 0 Å². The van der Waals surface area contributed by atoms with Crippen LogP contribution in [0.4, 0.5) is 0 Å². The van der Waals surface area contributed by atoms with Crippen LogP contribution >= 0.6 is 0 Å². The van der Waals surface area contributed by atoms with E-state index < -0.39 is 0 Å². The van der Waals surface area contributed by atoms with Gasteiger partial charge < -0.3 is 15.7 Å². The Morgan fingerprint density at radius 1 is 1.36 bits per heavy atom. The SMILES string of the molecule is O=C(CC1CNC1)NCC1CC(O)C1. The molecule has 1 saturated heterocycles. The third-order valence-corrected chi connectivity index (χ3v) is 3.14. The number of rotatable bonds is 4. The van der Waals surface area contributed by atoms with Crippen LogP contribution < -0.4 is 10.6 Å². The number of hydrogen-bond donors (Lipinski definition) is 3. The lowest BCUT2D eigenvalue weighted by Crippen LogP contribution is -2.45. The molecule has 1 heterocycles. The molecule has 1 aliphatic heterocycles. The molecule has 0 aromatic rings. The van der Waals surface area contributed by atoms with Crippen LogP contribution in [0.5, 0.6) is 0 Å². The monoisotopic (exact) mass is 198 g/mol. The Hall–Kier alpha value is -0.610. The van der Waals surface area contributed by atoms with Gasteiger partial charge in [-0.1, -0.05) is 0 Å². The number of aliphatic hydroxyl groups is 1. The Balaban J connectivity index is 1.53. The first kappa shape index (κ1) is 9.93. The molecule has 2 fully saturated rings. The minimum Gasteiger partial charge on any atom is -0.393 e. The molecule has 80 valence electrons. The highest BCUT2D eigenvalue weighted by Gasteiger charge is 2.27. The van der Waals surface area contributed by atoms with Crippen LogP contribution in [0.15, 0.2) is 0 Å². The van der Waals surface area contributed by atoms with Crippen molar-refractivity contribution in [2.45, 2.75) is 25.4 Å². The highest BCUT2D eigenvalue weighted by Crippen LogP contribution is 2.26. The van der Waals surface area contributed by atoms with E-state index in [-0.39, 0.29) is 12.0 Å². The third kappa shape index (κ3) is 2.45. The number of carbonyl (C=O) groups is 1. The second-order valence-corrected chi connectivity index (χ2v) is 4.52. The van der Waals surface area contributed by atoms with Gasteiger partial charge in [0, 0.05) is 13.0 Å². The summed E-state index contributed by atoms with van der Waals surface area (Å²) >= 11 is 0. The van der Waals surface area contributed by atoms with Gasteiger partial charge in [-0.3, -0.25) is 4.79 Å². The standard InChI is InChI=1S/C10H18N2O2/c13-9-1-7(2-9)6-12-10(14)3-8-4-11-5-8/h7-9,11,13H,1-6H2,(H,12,14). The van der Waals surface area contributed by atoms with E-state index in [9.17, 15) is 4.79 Å². The van der Waals surface area contributed by atoms with Gasteiger partial charge in [-0.25, -0.2) is 0 Å². The zero-order valence-electron chi connectivity index (χ0n) is 8.33. The van der Waals surface area contributed by atoms with Crippen LogP contribution in [-0.2, 0) is 4.79 Å². The van der Waals surface area contributed by atoms with Crippen molar-refractivity contribution in [1.82, 2.24) is 10.6 Å². The van der Waals surface area contributed by atoms with Crippen molar-refractivity contribution >= 4 is 5.91 Å². The maximum atomic E-state index is 11.4. The second-order valence-electron chi connectivity index (χ2n) is 4.52. The highest BCUT2D eigenvalue weighted by atomic mass is 16.3. The van der Waals surface area contributed by atoms with Crippen LogP contribution in [0, 0.1) is 11.8 Å². The fourth-order valence-electron chi connectivity index (χ4n) is 1.95. The molecular weight excluding hydrogens is 180 g/mol. The van der Waals surface area contributed by atoms with E-state index in [1.165, 1.54) is 0 Å². The summed E-state index contributed by atoms with van der Waals surface area (Å²) in [6, 6.07) is 0. The molecular formula is C10H18N2O2. The summed E-state index contributed by atoms with van der Waals surface area (Å²) in [6.45, 7) is 2.71. The lowest BCUT2D eigenvalue weighted by molar-refractivity contribution is -0.123. The van der Waals surface area contributed by atoms with E-state index in [4.69, 9.17) is 5.11 Å². The largest absolute Gasteiger partial charge is 0.393 e. The van der Waals surface area contributed by atoms with Crippen LogP contribution in [0.2, 0.25) is 0 Å². The first-order chi connectivity index (χ1) is 6.74. The molecule has 1 amide bonds. The van der Waals surface area contributed by atoms with E-state index in [0.29, 0.717) is 18.3 Å². The molecule has 0 atom stereocenters. The van der Waals surface area contributed by atoms with Crippen molar-refractivity contribution in [2.24, 2.45) is 11.8 Å². The van der Waals surface area contributed by atoms with Crippen LogP contribution in [0.25, 0.3) is 0 Å². The van der Waals surface area contributed by atoms with Crippen LogP contribution in [-0.4, -0.2) is 36.8 Å². The van der Waals surface area contributed by atoms with E-state index in [1.54, 1.807) is 0 Å². The first-order valence-electron chi connectivity index (χ1n) is 5.39. The van der Waals surface area contributed by atoms with Crippen molar-refractivity contribution < 1.29 is 9.90 Å². The summed E-state index contributed by atoms with van der Waals surface area (Å²) in [5, 5.41) is 15.1. The molecule has 0 unspecified atom stereocenters. The Morgan fingerprint density at radius 2 is 2.07 bits per heavy atom. The normalized spacial score (nSPS) is 31.8. The zero-order valence-corrected chi connectivity index (χ0v) is 8.33. The predicted octanol–water partition coefficient (Wildman–Crippen LogP) is -0.517. The smallest absolute Gasteiger partial charge is 0.220 e. The molecule has 2 rings (SSSR count). The average molecular weight is 198 g/mol. The molecule has 4 heteroatoms. The summed E-state index contributed by atoms with van der Waals surface area (Å²) < 4.78 is 0. The molecule has 0 aromatic heterocycles. The van der Waals surface area contributed by atoms with Gasteiger partial charge in [0.1, 0.15) is 0 Å². The number of aliphatic hydroxyl groups excluding tert-OH is 1. The number of nitrogens with one attached hydrogen (secondary N) is 2. The first-order valence-corrected chi connectivity index (χ1v) is 5.39. The summed E-state index contributed by atoms with van der Waals surface area (Å²) in [5.41, 5.74) is 0. The summed E-state index contributed by atoms with van der Waals surface area (Å²) in [5.74, 6) is 1.22. The molecule has 3 N–H and O–H groups in total. The van der Waals surface area contributed by atoms with Gasteiger partial charge in [0.15, 0.2) is 0 Å². The predicted molar refractivity (Wildman–Crippen MR) is 52.7 cm³/mol. The maximum absolute atomic E-state index is 11.4. The molecule has 1 saturated carbocycles. The second kappa shape index (κ2) is 4.28. The zero-order chi connectivity index (χ0) is 9.97. The molecule has 14 heavy (non-hydrogen) atoms. The van der Waals surface area contributed by atoms with Crippen LogP contribution in [0.3, 0.4) is 0 Å². The maximum Gasteiger partial charge on any atom is 0.220 e. The Bertz CT molecular complexity index is 210. The van der Waals surface area contributed by atoms with Gasteiger partial charge in [0.2, 0.25) is 5.91 Å². The van der Waals surface area contributed by atoms with Gasteiger partial charge in [-0.05, 0) is 37.8 Å². The quantitative estimate of drug-likeness (QED) is 0.570. The van der Waals surface area contributed by atoms with Gasteiger partial charge >= 0.3 is 0 Å². The lowest BCUT2D eigenvalue weighted by atomic mass is 9.82. The fraction of sp³-hybridized carbons (Fsp3) is 0.900. The van der Waals surface area contributed by atoms with Crippen molar-refractivity contribution in [2.75, 3.05) is 19.6 Å². The molecule has 4 nitrogen and oxygen atoms in total. The Morgan fingerprint density at radius 3 is 2.57 bits per heavy atom. The minimum absolute atomic E-state index is 0.118. The van der Waals surface area contributed by atoms with Crippen molar-refractivity contribution in [3.05, 3.63) is 0 Å². The third-order valence-electron chi connectivity index (χ3n) is 3.14. The topological polar surface area (TPSA) is 61.4 Å². The Labute approximate surface area is 84.1 Å². The van der Waals surface area contributed by atoms with Gasteiger partial charge in [0.05, 0.1) is 6.10 Å². The van der Waals surface area contributed by atoms with Gasteiger partial charge in [0.25, 0.3) is 0 Å². The number of carbonyl (C=O) groups excluding carboxylic acids is 1. The lowest BCUT2D eigenvalue weighted by Gasteiger charge is -2.32. The molecule has 1 aliphatic carbocycles. The summed E-state index contributed by atoms with van der Waals surface area (Å²) in [7, 11) is 0. The fourth-order valence-corrected chi connectivity index (χ4v) is 1.95. The van der Waals surface area contributed by atoms with E-state index >= 15 is 0 Å². The highest BCUT2D eigenvalue weighted by molar-refractivity contribution is 5.76. The Kier molecular flexibility index (Phi) is 3.03. The molecule has 2 aliphatic rings. The van der Waals surface area contributed by atoms with E-state index in [0.717, 1.165) is 32.5 Å². The summed E-state index contributed by atoms with van der Waals surface area (Å²) in [6.07, 6.45) is 2.24. The minimum atomic E-state index is -0.118. The molecule has 0 spiro atoms. The van der Waals surface area contributed by atoms with Crippen molar-refractivity contribution in [1.29, 1.82) is 0 Å². The summed E-state index contributed by atoms with van der Waals surface area (Å²) in [4.78, 5) is 11.4. The van der Waals surface area contributed by atoms with Crippen LogP contribution in [0.1, 0.15) is 19.3 Å². The van der Waals surface area contributed by atoms with E-state index in [1.807, 2.05) is 0 Å². The van der Waals surface area contributed by atoms with Crippen molar-refractivity contribution in [3.63, 3.8) is 0 Å². The molecule has 0 bridgehead atoms. The van der Waals surface area contributed by atoms with Crippen molar-refractivity contribution in [3.8, 4) is 0 Å². The number of amides is 1. The van der Waals surface area contributed by atoms with E-state index in [2.05, 4.69) is 10.6 Å². The molecule has 0 aromatic carbocycles. The average Bonchev–Trinajstić information content (AvgIpc) is 2.03. The molecule has 0 radical (unpaired) electrons. The van der Waals surface area contributed by atoms with Gasteiger partial charge in [-0.2, -0.15) is 0 Å².